The third-order valence-electron chi connectivity index (χ3n) is 11.1. The van der Waals surface area contributed by atoms with Crippen LogP contribution in [0, 0.1) is 0 Å². The van der Waals surface area contributed by atoms with Crippen LogP contribution in [0.1, 0.15) is 22.3 Å². The molecule has 11 rings (SSSR count). The van der Waals surface area contributed by atoms with E-state index in [1.165, 1.54) is 66.3 Å². The quantitative estimate of drug-likeness (QED) is 0.186. The van der Waals surface area contributed by atoms with Crippen molar-refractivity contribution < 1.29 is 4.74 Å². The lowest BCUT2D eigenvalue weighted by Crippen LogP contribution is -2.32. The Bertz CT molecular complexity index is 2720. The highest BCUT2D eigenvalue weighted by Gasteiger charge is 2.51. The van der Waals surface area contributed by atoms with Gasteiger partial charge >= 0.3 is 0 Å². The summed E-state index contributed by atoms with van der Waals surface area (Å²) in [6.45, 7) is 0. The Hall–Kier alpha value is -6.64. The minimum atomic E-state index is -0.628. The van der Waals surface area contributed by atoms with Gasteiger partial charge in [-0.25, -0.2) is 0 Å². The molecule has 0 amide bonds. The smallest absolute Gasteiger partial charge is 0.132 e. The van der Waals surface area contributed by atoms with Gasteiger partial charge in [0.2, 0.25) is 0 Å². The predicted octanol–water partition coefficient (Wildman–Crippen LogP) is 12.6. The predicted molar refractivity (Wildman–Crippen MR) is 209 cm³/mol. The molecular weight excluding hydrogens is 619 g/mol. The second-order valence-electron chi connectivity index (χ2n) is 13.7. The monoisotopic (exact) mass is 649 g/mol. The first-order valence-electron chi connectivity index (χ1n) is 17.6. The third kappa shape index (κ3) is 3.93. The first-order chi connectivity index (χ1) is 25.3. The van der Waals surface area contributed by atoms with Crippen LogP contribution in [0.5, 0.6) is 11.5 Å². The topological polar surface area (TPSA) is 14.2 Å². The van der Waals surface area contributed by atoms with Gasteiger partial charge in [0.15, 0.2) is 0 Å². The number of fused-ring (bicyclic) bond motifs is 12. The molecular formula is C49H31NO. The molecule has 2 heterocycles. The van der Waals surface area contributed by atoms with Crippen LogP contribution in [0.4, 0.5) is 0 Å². The Morgan fingerprint density at radius 1 is 0.353 bits per heavy atom. The Morgan fingerprint density at radius 3 is 1.59 bits per heavy atom. The first-order valence-corrected chi connectivity index (χ1v) is 17.6. The molecule has 0 saturated carbocycles. The van der Waals surface area contributed by atoms with Crippen LogP contribution in [0.15, 0.2) is 188 Å². The third-order valence-corrected chi connectivity index (χ3v) is 11.1. The molecule has 51 heavy (non-hydrogen) atoms. The minimum absolute atomic E-state index is 0.628. The van der Waals surface area contributed by atoms with Crippen LogP contribution in [0.3, 0.4) is 0 Å². The molecule has 2 aliphatic rings. The fraction of sp³-hybridized carbons (Fsp3) is 0.0204. The molecule has 1 spiro atoms. The number of benzene rings is 8. The van der Waals surface area contributed by atoms with Gasteiger partial charge in [-0.3, -0.25) is 0 Å². The lowest BCUT2D eigenvalue weighted by molar-refractivity contribution is 0.436. The summed E-state index contributed by atoms with van der Waals surface area (Å²) < 4.78 is 9.33. The number of para-hydroxylation sites is 2. The number of ether oxygens (including phenoxy) is 1. The zero-order valence-corrected chi connectivity index (χ0v) is 27.8. The molecule has 1 aliphatic heterocycles. The largest absolute Gasteiger partial charge is 0.457 e. The maximum Gasteiger partial charge on any atom is 0.132 e. The van der Waals surface area contributed by atoms with E-state index in [1.807, 2.05) is 0 Å². The zero-order valence-electron chi connectivity index (χ0n) is 27.8. The van der Waals surface area contributed by atoms with E-state index in [2.05, 4.69) is 193 Å². The Balaban J connectivity index is 1.31. The van der Waals surface area contributed by atoms with Crippen molar-refractivity contribution in [2.75, 3.05) is 0 Å². The summed E-state index contributed by atoms with van der Waals surface area (Å²) in [6.07, 6.45) is 0. The average molecular weight is 650 g/mol. The zero-order chi connectivity index (χ0) is 33.5. The van der Waals surface area contributed by atoms with Gasteiger partial charge in [0.1, 0.15) is 11.5 Å². The van der Waals surface area contributed by atoms with Crippen molar-refractivity contribution in [1.82, 2.24) is 4.57 Å². The van der Waals surface area contributed by atoms with Crippen LogP contribution < -0.4 is 4.74 Å². The molecule has 1 aromatic heterocycles. The molecule has 0 atom stereocenters. The Kier molecular flexibility index (Phi) is 5.91. The summed E-state index contributed by atoms with van der Waals surface area (Å²) in [5.41, 5.74) is 15.0. The normalized spacial score (nSPS) is 13.4. The molecule has 0 N–H and O–H groups in total. The van der Waals surface area contributed by atoms with Crippen molar-refractivity contribution in [2.45, 2.75) is 5.41 Å². The molecule has 0 radical (unpaired) electrons. The first kappa shape index (κ1) is 28.2. The lowest BCUT2D eigenvalue weighted by atomic mass is 9.65. The van der Waals surface area contributed by atoms with E-state index in [9.17, 15) is 0 Å². The van der Waals surface area contributed by atoms with Gasteiger partial charge in [0, 0.05) is 27.6 Å². The summed E-state index contributed by atoms with van der Waals surface area (Å²) in [6, 6.07) is 68.4. The number of aromatic nitrogens is 1. The summed E-state index contributed by atoms with van der Waals surface area (Å²) >= 11 is 0. The fourth-order valence-electron chi connectivity index (χ4n) is 8.88. The summed E-state index contributed by atoms with van der Waals surface area (Å²) in [5.74, 6) is 1.78. The van der Waals surface area contributed by atoms with Gasteiger partial charge in [-0.1, -0.05) is 133 Å². The van der Waals surface area contributed by atoms with E-state index in [4.69, 9.17) is 4.74 Å². The maximum absolute atomic E-state index is 6.90. The average Bonchev–Trinajstić information content (AvgIpc) is 3.68. The SMILES string of the molecule is c1ccc(-c2ccc3c(c2)C2(c4cc(-c5ccccc5)ccc4O3)c3ccccc3-c3cc4c5ccccc5n(-c5ccccc5)c4cc32)cc1. The van der Waals surface area contributed by atoms with E-state index < -0.39 is 5.41 Å². The van der Waals surface area contributed by atoms with Gasteiger partial charge < -0.3 is 9.30 Å². The van der Waals surface area contributed by atoms with E-state index in [0.717, 1.165) is 28.3 Å². The van der Waals surface area contributed by atoms with Gasteiger partial charge in [0.05, 0.1) is 16.4 Å². The molecule has 9 aromatic rings. The van der Waals surface area contributed by atoms with Crippen molar-refractivity contribution in [3.8, 4) is 50.6 Å². The Labute approximate surface area is 296 Å². The highest BCUT2D eigenvalue weighted by atomic mass is 16.5. The van der Waals surface area contributed by atoms with Crippen molar-refractivity contribution in [3.63, 3.8) is 0 Å². The molecule has 8 aromatic carbocycles. The molecule has 2 nitrogen and oxygen atoms in total. The summed E-state index contributed by atoms with van der Waals surface area (Å²) in [5, 5.41) is 2.51. The van der Waals surface area contributed by atoms with Crippen molar-refractivity contribution >= 4 is 21.8 Å². The van der Waals surface area contributed by atoms with Crippen LogP contribution in [0.2, 0.25) is 0 Å². The van der Waals surface area contributed by atoms with Gasteiger partial charge in [-0.2, -0.15) is 0 Å². The fourth-order valence-corrected chi connectivity index (χ4v) is 8.88. The van der Waals surface area contributed by atoms with Crippen LogP contribution in [0.25, 0.3) is 60.9 Å². The van der Waals surface area contributed by atoms with Crippen molar-refractivity contribution in [2.24, 2.45) is 0 Å². The van der Waals surface area contributed by atoms with Crippen LogP contribution >= 0.6 is 0 Å². The number of hydrogen-bond donors (Lipinski definition) is 0. The maximum atomic E-state index is 6.90. The highest BCUT2D eigenvalue weighted by Crippen LogP contribution is 2.63. The summed E-state index contributed by atoms with van der Waals surface area (Å²) in [4.78, 5) is 0. The van der Waals surface area contributed by atoms with Gasteiger partial charge in [-0.05, 0) is 99.1 Å². The van der Waals surface area contributed by atoms with E-state index >= 15 is 0 Å². The Morgan fingerprint density at radius 2 is 0.922 bits per heavy atom. The second-order valence-corrected chi connectivity index (χ2v) is 13.7. The van der Waals surface area contributed by atoms with Crippen LogP contribution in [-0.4, -0.2) is 4.57 Å². The molecule has 0 unspecified atom stereocenters. The highest BCUT2D eigenvalue weighted by molar-refractivity contribution is 6.12. The van der Waals surface area contributed by atoms with Crippen molar-refractivity contribution in [1.29, 1.82) is 0 Å². The number of rotatable bonds is 3. The standard InChI is InChI=1S/C49H31NO/c1-4-14-32(15-5-1)34-24-26-47-43(28-34)49(44-29-35(25-27-48(44)51-47)33-16-6-2-7-17-33)41-22-12-10-20-37(41)39-30-40-38-21-11-13-23-45(38)50(46(40)31-42(39)49)36-18-8-3-9-19-36/h1-31H. The molecule has 0 bridgehead atoms. The van der Waals surface area contributed by atoms with Gasteiger partial charge in [-0.15, -0.1) is 0 Å². The molecule has 2 heteroatoms. The van der Waals surface area contributed by atoms with E-state index in [1.54, 1.807) is 0 Å². The van der Waals surface area contributed by atoms with Gasteiger partial charge in [0.25, 0.3) is 0 Å². The number of hydrogen-bond acceptors (Lipinski definition) is 1. The lowest BCUT2D eigenvalue weighted by Gasteiger charge is -2.40. The van der Waals surface area contributed by atoms with Crippen molar-refractivity contribution in [3.05, 3.63) is 210 Å². The van der Waals surface area contributed by atoms with E-state index in [0.29, 0.717) is 0 Å². The molecule has 238 valence electrons. The van der Waals surface area contributed by atoms with E-state index in [-0.39, 0.29) is 0 Å². The second kappa shape index (κ2) is 10.7. The number of nitrogens with zero attached hydrogens (tertiary/aromatic N) is 1. The van der Waals surface area contributed by atoms with Crippen LogP contribution in [-0.2, 0) is 5.41 Å². The molecule has 0 fully saturated rings. The molecule has 0 saturated heterocycles. The minimum Gasteiger partial charge on any atom is -0.457 e. The molecule has 1 aliphatic carbocycles. The summed E-state index contributed by atoms with van der Waals surface area (Å²) in [7, 11) is 0.